The number of anilines is 1. The lowest BCUT2D eigenvalue weighted by Gasteiger charge is -2.12. The number of rotatable bonds is 6. The van der Waals surface area contributed by atoms with Crippen LogP contribution in [-0.2, 0) is 6.54 Å². The molecule has 2 aromatic carbocycles. The fourth-order valence-corrected chi connectivity index (χ4v) is 4.23. The highest BCUT2D eigenvalue weighted by molar-refractivity contribution is 6.34. The van der Waals surface area contributed by atoms with E-state index < -0.39 is 11.6 Å². The van der Waals surface area contributed by atoms with Gasteiger partial charge in [0, 0.05) is 29.9 Å². The largest absolute Gasteiger partial charge is 0.361 e. The molecule has 0 aliphatic heterocycles. The molecule has 35 heavy (non-hydrogen) atoms. The number of benzene rings is 2. The maximum Gasteiger partial charge on any atom is 0.253 e. The molecule has 1 aliphatic rings. The number of fused-ring (bicyclic) bond motifs is 3. The van der Waals surface area contributed by atoms with Gasteiger partial charge in [0.2, 0.25) is 0 Å². The van der Waals surface area contributed by atoms with Crippen molar-refractivity contribution in [2.45, 2.75) is 25.4 Å². The van der Waals surface area contributed by atoms with Crippen LogP contribution in [0.2, 0.25) is 5.02 Å². The summed E-state index contributed by atoms with van der Waals surface area (Å²) in [5.41, 5.74) is 3.43. The Bertz CT molecular complexity index is 1600. The highest BCUT2D eigenvalue weighted by Gasteiger charge is 2.25. The highest BCUT2D eigenvalue weighted by atomic mass is 35.5. The maximum absolute atomic E-state index is 14.2. The molecule has 0 bridgehead atoms. The molecule has 8 nitrogen and oxygen atoms in total. The zero-order valence-electron chi connectivity index (χ0n) is 18.1. The van der Waals surface area contributed by atoms with Crippen LogP contribution in [0.5, 0.6) is 0 Å². The van der Waals surface area contributed by atoms with Crippen molar-refractivity contribution in [1.82, 2.24) is 29.9 Å². The molecule has 0 unspecified atom stereocenters. The molecule has 11 heteroatoms. The van der Waals surface area contributed by atoms with Crippen molar-refractivity contribution in [3.05, 3.63) is 76.7 Å². The third-order valence-corrected chi connectivity index (χ3v) is 6.20. The van der Waals surface area contributed by atoms with Crippen molar-refractivity contribution in [2.75, 3.05) is 5.32 Å². The van der Waals surface area contributed by atoms with Crippen LogP contribution in [0.15, 0.2) is 48.8 Å². The summed E-state index contributed by atoms with van der Waals surface area (Å²) >= 11 is 6.46. The molecule has 0 atom stereocenters. The molecule has 0 saturated heterocycles. The summed E-state index contributed by atoms with van der Waals surface area (Å²) in [7, 11) is 0. The minimum absolute atomic E-state index is 0.207. The van der Waals surface area contributed by atoms with Gasteiger partial charge in [-0.25, -0.2) is 18.7 Å². The first-order chi connectivity index (χ1) is 17.0. The predicted molar refractivity (Wildman–Crippen MR) is 127 cm³/mol. The number of nitrogens with one attached hydrogen (secondary N) is 3. The van der Waals surface area contributed by atoms with Gasteiger partial charge in [-0.05, 0) is 31.0 Å². The first-order valence-electron chi connectivity index (χ1n) is 11.0. The maximum atomic E-state index is 14.2. The summed E-state index contributed by atoms with van der Waals surface area (Å²) in [6.07, 6.45) is 5.18. The average molecular weight is 494 g/mol. The van der Waals surface area contributed by atoms with E-state index in [1.165, 1.54) is 0 Å². The van der Waals surface area contributed by atoms with E-state index in [4.69, 9.17) is 11.6 Å². The minimum atomic E-state index is -1.00. The van der Waals surface area contributed by atoms with Crippen LogP contribution in [0.3, 0.4) is 0 Å². The third kappa shape index (κ3) is 3.95. The zero-order valence-corrected chi connectivity index (χ0v) is 18.9. The number of nitrogens with zero attached hydrogens (tertiary/aromatic N) is 4. The summed E-state index contributed by atoms with van der Waals surface area (Å²) in [5, 5.41) is 13.2. The topological polar surface area (TPSA) is 100 Å². The molecule has 1 saturated carbocycles. The van der Waals surface area contributed by atoms with Crippen LogP contribution >= 0.6 is 11.6 Å². The van der Waals surface area contributed by atoms with Crippen LogP contribution in [0.25, 0.3) is 27.9 Å². The first kappa shape index (κ1) is 21.5. The van der Waals surface area contributed by atoms with E-state index >= 15 is 0 Å². The van der Waals surface area contributed by atoms with E-state index in [1.807, 2.05) is 0 Å². The van der Waals surface area contributed by atoms with E-state index in [-0.39, 0.29) is 22.5 Å². The Hall–Kier alpha value is -4.05. The monoisotopic (exact) mass is 493 g/mol. The molecule has 0 radical (unpaired) electrons. The van der Waals surface area contributed by atoms with Gasteiger partial charge in [0.1, 0.15) is 0 Å². The summed E-state index contributed by atoms with van der Waals surface area (Å²) < 4.78 is 30.0. The number of imidazole rings is 1. The van der Waals surface area contributed by atoms with E-state index in [9.17, 15) is 13.6 Å². The standard InChI is InChI=1S/C24H18ClF2N7O/c25-16-7-12(1-4-15(16)24(35)31-13-2-3-13)21-11-29-23-22(28-10-14-5-6-30-33-14)32-19-8-17(26)18(27)9-20(19)34(21)23/h1,4-9,11,13H,2-3,10H2,(H,28,32)(H,30,33)(H,31,35). The second-order valence-corrected chi connectivity index (χ2v) is 8.80. The number of carbonyl (C=O) groups excluding carboxylic acids is 1. The molecule has 3 N–H and O–H groups in total. The van der Waals surface area contributed by atoms with Gasteiger partial charge in [-0.2, -0.15) is 5.10 Å². The van der Waals surface area contributed by atoms with Crippen molar-refractivity contribution >= 4 is 40.0 Å². The van der Waals surface area contributed by atoms with Gasteiger partial charge in [-0.1, -0.05) is 17.7 Å². The Kier molecular flexibility index (Phi) is 5.10. The Morgan fingerprint density at radius 3 is 2.74 bits per heavy atom. The summed E-state index contributed by atoms with van der Waals surface area (Å²) in [6, 6.07) is 9.22. The van der Waals surface area contributed by atoms with Crippen LogP contribution < -0.4 is 10.6 Å². The lowest BCUT2D eigenvalue weighted by atomic mass is 10.1. The number of aromatic amines is 1. The molecule has 176 valence electrons. The van der Waals surface area contributed by atoms with E-state index in [0.717, 1.165) is 30.7 Å². The fraction of sp³-hybridized carbons (Fsp3) is 0.167. The predicted octanol–water partition coefficient (Wildman–Crippen LogP) is 4.71. The number of aromatic nitrogens is 5. The summed E-state index contributed by atoms with van der Waals surface area (Å²) in [5.74, 6) is -1.83. The van der Waals surface area contributed by atoms with Crippen molar-refractivity contribution in [1.29, 1.82) is 0 Å². The van der Waals surface area contributed by atoms with Crippen LogP contribution in [-0.4, -0.2) is 36.5 Å². The van der Waals surface area contributed by atoms with Gasteiger partial charge in [0.05, 0.1) is 45.7 Å². The first-order valence-corrected chi connectivity index (χ1v) is 11.3. The lowest BCUT2D eigenvalue weighted by Crippen LogP contribution is -2.25. The lowest BCUT2D eigenvalue weighted by molar-refractivity contribution is 0.0951. The number of halogens is 3. The molecular weight excluding hydrogens is 476 g/mol. The zero-order chi connectivity index (χ0) is 24.1. The average Bonchev–Trinajstić information content (AvgIpc) is 3.31. The van der Waals surface area contributed by atoms with Crippen LogP contribution in [0, 0.1) is 11.6 Å². The molecule has 1 fully saturated rings. The quantitative estimate of drug-likeness (QED) is 0.318. The van der Waals surface area contributed by atoms with Gasteiger partial charge in [-0.15, -0.1) is 0 Å². The van der Waals surface area contributed by atoms with Gasteiger partial charge < -0.3 is 10.6 Å². The molecule has 6 rings (SSSR count). The van der Waals surface area contributed by atoms with Crippen LogP contribution in [0.1, 0.15) is 28.9 Å². The number of hydrogen-bond donors (Lipinski definition) is 3. The molecule has 0 spiro atoms. The van der Waals surface area contributed by atoms with Gasteiger partial charge >= 0.3 is 0 Å². The fourth-order valence-electron chi connectivity index (χ4n) is 3.96. The Morgan fingerprint density at radius 2 is 2.00 bits per heavy atom. The number of amides is 1. The molecular formula is C24H18ClF2N7O. The van der Waals surface area contributed by atoms with Gasteiger partial charge in [0.25, 0.3) is 5.91 Å². The van der Waals surface area contributed by atoms with Gasteiger partial charge in [0.15, 0.2) is 23.1 Å². The summed E-state index contributed by atoms with van der Waals surface area (Å²) in [4.78, 5) is 21.5. The Balaban J connectivity index is 1.48. The van der Waals surface area contributed by atoms with Crippen molar-refractivity contribution in [2.24, 2.45) is 0 Å². The van der Waals surface area contributed by atoms with E-state index in [2.05, 4.69) is 30.8 Å². The van der Waals surface area contributed by atoms with Crippen LogP contribution in [0.4, 0.5) is 14.6 Å². The van der Waals surface area contributed by atoms with Gasteiger partial charge in [-0.3, -0.25) is 14.3 Å². The Morgan fingerprint density at radius 1 is 1.17 bits per heavy atom. The summed E-state index contributed by atoms with van der Waals surface area (Å²) in [6.45, 7) is 0.372. The van der Waals surface area contributed by atoms with Crippen molar-refractivity contribution in [3.8, 4) is 11.3 Å². The number of hydrogen-bond acceptors (Lipinski definition) is 5. The molecule has 3 aromatic heterocycles. The highest BCUT2D eigenvalue weighted by Crippen LogP contribution is 2.32. The smallest absolute Gasteiger partial charge is 0.253 e. The van der Waals surface area contributed by atoms with E-state index in [1.54, 1.807) is 41.1 Å². The minimum Gasteiger partial charge on any atom is -0.361 e. The third-order valence-electron chi connectivity index (χ3n) is 5.89. The molecule has 1 aliphatic carbocycles. The second-order valence-electron chi connectivity index (χ2n) is 8.40. The normalized spacial score (nSPS) is 13.5. The number of H-pyrrole nitrogens is 1. The number of carbonyl (C=O) groups is 1. The Labute approximate surface area is 202 Å². The molecule has 1 amide bonds. The van der Waals surface area contributed by atoms with Crippen molar-refractivity contribution in [3.63, 3.8) is 0 Å². The second kappa shape index (κ2) is 8.31. The SMILES string of the molecule is O=C(NC1CC1)c1ccc(-c2cnc3c(NCc4ccn[nH]4)nc4cc(F)c(F)cc4n23)cc1Cl. The molecule has 5 aromatic rings. The van der Waals surface area contributed by atoms with Crippen molar-refractivity contribution < 1.29 is 13.6 Å². The van der Waals surface area contributed by atoms with E-state index in [0.29, 0.717) is 40.3 Å². The molecule has 3 heterocycles.